The van der Waals surface area contributed by atoms with Crippen LogP contribution in [0.25, 0.3) is 0 Å². The number of ether oxygens (including phenoxy) is 2. The first-order valence-corrected chi connectivity index (χ1v) is 9.58. The molecule has 4 rings (SSSR count). The van der Waals surface area contributed by atoms with E-state index in [1.165, 1.54) is 4.90 Å². The Morgan fingerprint density at radius 1 is 1.32 bits per heavy atom. The number of rotatable bonds is 6. The molecule has 1 spiro atoms. The summed E-state index contributed by atoms with van der Waals surface area (Å²) in [6.45, 7) is 4.53. The van der Waals surface area contributed by atoms with E-state index in [0.29, 0.717) is 6.54 Å². The van der Waals surface area contributed by atoms with Crippen molar-refractivity contribution in [3.8, 4) is 0 Å². The topological polar surface area (TPSA) is 84.9 Å². The Morgan fingerprint density at radius 3 is 2.79 bits per heavy atom. The van der Waals surface area contributed by atoms with Crippen LogP contribution in [0.15, 0.2) is 36.4 Å². The Balaban J connectivity index is 1.46. The van der Waals surface area contributed by atoms with Gasteiger partial charge in [-0.2, -0.15) is 0 Å². The number of carbonyl (C=O) groups is 3. The molecule has 0 aromatic heterocycles. The van der Waals surface area contributed by atoms with Gasteiger partial charge in [-0.3, -0.25) is 14.4 Å². The number of hydrogen-bond donors (Lipinski definition) is 1. The van der Waals surface area contributed by atoms with E-state index in [1.54, 1.807) is 6.92 Å². The van der Waals surface area contributed by atoms with Crippen molar-refractivity contribution < 1.29 is 23.9 Å². The van der Waals surface area contributed by atoms with E-state index in [-0.39, 0.29) is 31.5 Å². The molecule has 7 heteroatoms. The van der Waals surface area contributed by atoms with Crippen LogP contribution in [0.5, 0.6) is 0 Å². The summed E-state index contributed by atoms with van der Waals surface area (Å²) < 4.78 is 11.0. The number of esters is 1. The molecule has 0 saturated carbocycles. The van der Waals surface area contributed by atoms with Crippen LogP contribution in [0.1, 0.15) is 18.1 Å². The third-order valence-electron chi connectivity index (χ3n) is 5.69. The first kappa shape index (κ1) is 18.7. The average Bonchev–Trinajstić information content (AvgIpc) is 3.30. The molecule has 1 aromatic rings. The first-order valence-electron chi connectivity index (χ1n) is 9.58. The maximum atomic E-state index is 13.0. The lowest BCUT2D eigenvalue weighted by Crippen LogP contribution is -2.44. The van der Waals surface area contributed by atoms with Gasteiger partial charge in [0.1, 0.15) is 12.1 Å². The summed E-state index contributed by atoms with van der Waals surface area (Å²) in [6.07, 6.45) is 3.32. The van der Waals surface area contributed by atoms with Crippen LogP contribution in [-0.4, -0.2) is 54.1 Å². The van der Waals surface area contributed by atoms with Gasteiger partial charge in [-0.1, -0.05) is 42.0 Å². The van der Waals surface area contributed by atoms with Crippen LogP contribution in [0.2, 0.25) is 0 Å². The van der Waals surface area contributed by atoms with Gasteiger partial charge in [-0.25, -0.2) is 0 Å². The Labute approximate surface area is 163 Å². The van der Waals surface area contributed by atoms with Crippen molar-refractivity contribution in [2.75, 3.05) is 19.7 Å². The predicted octanol–water partition coefficient (Wildman–Crippen LogP) is 0.956. The first-order chi connectivity index (χ1) is 13.4. The molecule has 2 bridgehead atoms. The summed E-state index contributed by atoms with van der Waals surface area (Å²) in [7, 11) is 0. The van der Waals surface area contributed by atoms with Crippen molar-refractivity contribution in [3.63, 3.8) is 0 Å². The fourth-order valence-corrected chi connectivity index (χ4v) is 4.39. The lowest BCUT2D eigenvalue weighted by molar-refractivity contribution is -0.149. The van der Waals surface area contributed by atoms with Crippen LogP contribution in [0.4, 0.5) is 0 Å². The number of benzene rings is 1. The molecule has 7 nitrogen and oxygen atoms in total. The summed E-state index contributed by atoms with van der Waals surface area (Å²) in [5, 5.41) is 2.94. The lowest BCUT2D eigenvalue weighted by Gasteiger charge is -2.23. The van der Waals surface area contributed by atoms with Crippen molar-refractivity contribution in [3.05, 3.63) is 47.5 Å². The van der Waals surface area contributed by atoms with Gasteiger partial charge in [0.05, 0.1) is 31.1 Å². The third kappa shape index (κ3) is 3.09. The van der Waals surface area contributed by atoms with Crippen molar-refractivity contribution in [2.45, 2.75) is 32.1 Å². The van der Waals surface area contributed by atoms with Gasteiger partial charge in [-0.05, 0) is 19.4 Å². The number of fused-ring (bicyclic) bond motifs is 1. The Morgan fingerprint density at radius 2 is 2.07 bits per heavy atom. The molecule has 2 unspecified atom stereocenters. The quantitative estimate of drug-likeness (QED) is 0.583. The lowest BCUT2D eigenvalue weighted by atomic mass is 9.77. The summed E-state index contributed by atoms with van der Waals surface area (Å²) in [4.78, 5) is 39.1. The van der Waals surface area contributed by atoms with Crippen LogP contribution >= 0.6 is 0 Å². The molecule has 2 saturated heterocycles. The molecule has 3 aliphatic rings. The molecule has 1 N–H and O–H groups in total. The van der Waals surface area contributed by atoms with Crippen molar-refractivity contribution in [2.24, 2.45) is 11.8 Å². The van der Waals surface area contributed by atoms with Crippen LogP contribution < -0.4 is 5.32 Å². The minimum atomic E-state index is -0.819. The number of carbonyl (C=O) groups excluding carboxylic acids is 3. The molecule has 148 valence electrons. The molecule has 28 heavy (non-hydrogen) atoms. The van der Waals surface area contributed by atoms with Gasteiger partial charge >= 0.3 is 5.97 Å². The van der Waals surface area contributed by atoms with Crippen LogP contribution in [0.3, 0.4) is 0 Å². The molecule has 0 radical (unpaired) electrons. The van der Waals surface area contributed by atoms with E-state index < -0.39 is 29.5 Å². The van der Waals surface area contributed by atoms with Gasteiger partial charge in [0.2, 0.25) is 11.8 Å². The maximum absolute atomic E-state index is 13.0. The fraction of sp³-hybridized carbons (Fsp3) is 0.476. The molecule has 2 amide bonds. The second-order valence-electron chi connectivity index (χ2n) is 7.60. The summed E-state index contributed by atoms with van der Waals surface area (Å²) >= 11 is 0. The molecule has 1 aromatic carbocycles. The SMILES string of the molecule is CCOC(=O)CN1CC23C=C[C@@H](O2)C(C(=O)NCc2ccc(C)cc2)[C@@H]3C1=O. The van der Waals surface area contributed by atoms with Gasteiger partial charge in [0.25, 0.3) is 0 Å². The minimum absolute atomic E-state index is 0.121. The highest BCUT2D eigenvalue weighted by Crippen LogP contribution is 2.51. The molecular weight excluding hydrogens is 360 g/mol. The maximum Gasteiger partial charge on any atom is 0.325 e. The number of nitrogens with zero attached hydrogens (tertiary/aromatic N) is 1. The van der Waals surface area contributed by atoms with E-state index in [4.69, 9.17) is 9.47 Å². The van der Waals surface area contributed by atoms with Crippen molar-refractivity contribution in [1.82, 2.24) is 10.2 Å². The molecule has 0 aliphatic carbocycles. The predicted molar refractivity (Wildman–Crippen MR) is 100.0 cm³/mol. The van der Waals surface area contributed by atoms with Crippen LogP contribution in [-0.2, 0) is 30.4 Å². The molecule has 3 aliphatic heterocycles. The van der Waals surface area contributed by atoms with Gasteiger partial charge in [0.15, 0.2) is 0 Å². The highest BCUT2D eigenvalue weighted by atomic mass is 16.5. The zero-order chi connectivity index (χ0) is 19.9. The van der Waals surface area contributed by atoms with Crippen molar-refractivity contribution in [1.29, 1.82) is 0 Å². The number of likely N-dealkylation sites (tertiary alicyclic amines) is 1. The summed E-state index contributed by atoms with van der Waals surface area (Å²) in [6, 6.07) is 7.92. The second kappa shape index (κ2) is 7.05. The summed E-state index contributed by atoms with van der Waals surface area (Å²) in [5.41, 5.74) is 1.33. The highest BCUT2D eigenvalue weighted by Gasteiger charge is 2.66. The van der Waals surface area contributed by atoms with Crippen LogP contribution in [0, 0.1) is 18.8 Å². The minimum Gasteiger partial charge on any atom is -0.465 e. The average molecular weight is 384 g/mol. The van der Waals surface area contributed by atoms with E-state index in [1.807, 2.05) is 43.3 Å². The summed E-state index contributed by atoms with van der Waals surface area (Å²) in [5.74, 6) is -2.07. The molecule has 2 fully saturated rings. The molecular formula is C21H24N2O5. The number of hydrogen-bond acceptors (Lipinski definition) is 5. The molecule has 4 atom stereocenters. The Bertz CT molecular complexity index is 834. The fourth-order valence-electron chi connectivity index (χ4n) is 4.39. The Hall–Kier alpha value is -2.67. The van der Waals surface area contributed by atoms with E-state index in [2.05, 4.69) is 5.32 Å². The van der Waals surface area contributed by atoms with Gasteiger partial charge in [0, 0.05) is 6.54 Å². The second-order valence-corrected chi connectivity index (χ2v) is 7.60. The van der Waals surface area contributed by atoms with E-state index in [9.17, 15) is 14.4 Å². The smallest absolute Gasteiger partial charge is 0.325 e. The van der Waals surface area contributed by atoms with E-state index >= 15 is 0 Å². The van der Waals surface area contributed by atoms with Gasteiger partial charge < -0.3 is 19.7 Å². The zero-order valence-electron chi connectivity index (χ0n) is 16.0. The molecule has 3 heterocycles. The zero-order valence-corrected chi connectivity index (χ0v) is 16.0. The standard InChI is InChI=1S/C21H24N2O5/c1-3-27-16(24)11-23-12-21-9-8-15(28-21)17(18(21)20(23)26)19(25)22-10-14-6-4-13(2)5-7-14/h4-9,15,17-18H,3,10-12H2,1-2H3,(H,22,25)/t15-,17?,18-,21?/m1/s1. The monoisotopic (exact) mass is 384 g/mol. The number of nitrogens with one attached hydrogen (secondary N) is 1. The number of aryl methyl sites for hydroxylation is 1. The third-order valence-corrected chi connectivity index (χ3v) is 5.69. The highest BCUT2D eigenvalue weighted by molar-refractivity contribution is 5.94. The Kier molecular flexibility index (Phi) is 4.71. The van der Waals surface area contributed by atoms with Gasteiger partial charge in [-0.15, -0.1) is 0 Å². The normalized spacial score (nSPS) is 29.9. The van der Waals surface area contributed by atoms with E-state index in [0.717, 1.165) is 11.1 Å². The number of amides is 2. The van der Waals surface area contributed by atoms with Crippen molar-refractivity contribution >= 4 is 17.8 Å². The largest absolute Gasteiger partial charge is 0.465 e.